The Hall–Kier alpha value is -2.60. The lowest BCUT2D eigenvalue weighted by atomic mass is 10.0. The molecule has 0 saturated carbocycles. The zero-order valence-electron chi connectivity index (χ0n) is 15.0. The molecule has 0 spiro atoms. The fourth-order valence-corrected chi connectivity index (χ4v) is 3.38. The van der Waals surface area contributed by atoms with E-state index in [0.29, 0.717) is 22.0 Å². The average molecular weight is 367 g/mol. The molecule has 0 bridgehead atoms. The van der Waals surface area contributed by atoms with Crippen LogP contribution in [-0.2, 0) is 11.8 Å². The standard InChI is InChI=1S/C20H21N3O2S/c1-13(2)14-8-10-15(11-9-14)21-18(24)12-26-20-22-17-7-5-4-6-16(17)19(25)23(20)3/h4-11,13H,12H2,1-3H3,(H,21,24). The van der Waals surface area contributed by atoms with Gasteiger partial charge in [-0.2, -0.15) is 0 Å². The highest BCUT2D eigenvalue weighted by Gasteiger charge is 2.11. The number of thioether (sulfide) groups is 1. The van der Waals surface area contributed by atoms with Crippen molar-refractivity contribution in [1.29, 1.82) is 0 Å². The van der Waals surface area contributed by atoms with Gasteiger partial charge in [-0.15, -0.1) is 0 Å². The largest absolute Gasteiger partial charge is 0.325 e. The van der Waals surface area contributed by atoms with Gasteiger partial charge >= 0.3 is 0 Å². The molecule has 1 heterocycles. The Morgan fingerprint density at radius 3 is 2.54 bits per heavy atom. The van der Waals surface area contributed by atoms with Gasteiger partial charge in [0.1, 0.15) is 0 Å². The van der Waals surface area contributed by atoms with Crippen molar-refractivity contribution in [2.45, 2.75) is 24.9 Å². The fraction of sp³-hybridized carbons (Fsp3) is 0.250. The van der Waals surface area contributed by atoms with Crippen LogP contribution < -0.4 is 10.9 Å². The van der Waals surface area contributed by atoms with Gasteiger partial charge in [0.2, 0.25) is 5.91 Å². The molecule has 0 atom stereocenters. The summed E-state index contributed by atoms with van der Waals surface area (Å²) in [6, 6.07) is 15.1. The number of rotatable bonds is 5. The second kappa shape index (κ2) is 7.74. The van der Waals surface area contributed by atoms with E-state index >= 15 is 0 Å². The Morgan fingerprint density at radius 1 is 1.15 bits per heavy atom. The Morgan fingerprint density at radius 2 is 1.85 bits per heavy atom. The van der Waals surface area contributed by atoms with Gasteiger partial charge in [0.15, 0.2) is 5.16 Å². The van der Waals surface area contributed by atoms with Crippen LogP contribution in [0.5, 0.6) is 0 Å². The van der Waals surface area contributed by atoms with E-state index in [-0.39, 0.29) is 17.2 Å². The highest BCUT2D eigenvalue weighted by atomic mass is 32.2. The van der Waals surface area contributed by atoms with E-state index in [1.807, 2.05) is 36.4 Å². The van der Waals surface area contributed by atoms with E-state index in [4.69, 9.17) is 0 Å². The van der Waals surface area contributed by atoms with Gasteiger partial charge < -0.3 is 5.32 Å². The smallest absolute Gasteiger partial charge is 0.261 e. The number of nitrogens with one attached hydrogen (secondary N) is 1. The molecule has 26 heavy (non-hydrogen) atoms. The van der Waals surface area contributed by atoms with E-state index in [0.717, 1.165) is 5.69 Å². The van der Waals surface area contributed by atoms with Gasteiger partial charge in [-0.25, -0.2) is 4.98 Å². The summed E-state index contributed by atoms with van der Waals surface area (Å²) in [4.78, 5) is 29.1. The number of para-hydroxylation sites is 1. The maximum Gasteiger partial charge on any atom is 0.261 e. The van der Waals surface area contributed by atoms with Gasteiger partial charge in [0.25, 0.3) is 5.56 Å². The SMILES string of the molecule is CC(C)c1ccc(NC(=O)CSc2nc3ccccc3c(=O)n2C)cc1. The van der Waals surface area contributed by atoms with E-state index in [9.17, 15) is 9.59 Å². The first-order valence-corrected chi connectivity index (χ1v) is 9.42. The number of nitrogens with zero attached hydrogens (tertiary/aromatic N) is 2. The number of amides is 1. The molecule has 134 valence electrons. The van der Waals surface area contributed by atoms with Crippen LogP contribution >= 0.6 is 11.8 Å². The van der Waals surface area contributed by atoms with Crippen molar-refractivity contribution in [3.05, 3.63) is 64.4 Å². The van der Waals surface area contributed by atoms with Crippen molar-refractivity contribution in [2.75, 3.05) is 11.1 Å². The highest BCUT2D eigenvalue weighted by Crippen LogP contribution is 2.19. The van der Waals surface area contributed by atoms with Gasteiger partial charge in [-0.1, -0.05) is 49.9 Å². The third-order valence-electron chi connectivity index (χ3n) is 4.14. The number of fused-ring (bicyclic) bond motifs is 1. The number of aromatic nitrogens is 2. The minimum absolute atomic E-state index is 0.109. The van der Waals surface area contributed by atoms with Gasteiger partial charge in [0.05, 0.1) is 16.7 Å². The molecule has 0 fully saturated rings. The van der Waals surface area contributed by atoms with Crippen LogP contribution in [-0.4, -0.2) is 21.2 Å². The van der Waals surface area contributed by atoms with E-state index in [2.05, 4.69) is 24.1 Å². The topological polar surface area (TPSA) is 64.0 Å². The molecule has 1 aromatic heterocycles. The lowest BCUT2D eigenvalue weighted by Gasteiger charge is -2.10. The van der Waals surface area contributed by atoms with Crippen LogP contribution in [0.4, 0.5) is 5.69 Å². The summed E-state index contributed by atoms with van der Waals surface area (Å²) < 4.78 is 1.48. The Labute approximate surface area is 156 Å². The minimum atomic E-state index is -0.130. The van der Waals surface area contributed by atoms with Crippen LogP contribution in [0.15, 0.2) is 58.5 Å². The summed E-state index contributed by atoms with van der Waals surface area (Å²) in [7, 11) is 1.67. The van der Waals surface area contributed by atoms with Crippen molar-refractivity contribution in [2.24, 2.45) is 7.05 Å². The molecule has 1 amide bonds. The molecule has 0 aliphatic rings. The molecule has 0 radical (unpaired) electrons. The highest BCUT2D eigenvalue weighted by molar-refractivity contribution is 7.99. The number of benzene rings is 2. The van der Waals surface area contributed by atoms with Crippen molar-refractivity contribution in [3.63, 3.8) is 0 Å². The van der Waals surface area contributed by atoms with E-state index < -0.39 is 0 Å². The first-order valence-electron chi connectivity index (χ1n) is 8.44. The molecule has 6 heteroatoms. The van der Waals surface area contributed by atoms with Crippen LogP contribution in [0.3, 0.4) is 0 Å². The van der Waals surface area contributed by atoms with Gasteiger partial charge in [-0.3, -0.25) is 14.2 Å². The number of carbonyl (C=O) groups is 1. The molecular formula is C20H21N3O2S. The summed E-state index contributed by atoms with van der Waals surface area (Å²) in [6.07, 6.45) is 0. The number of hydrogen-bond donors (Lipinski definition) is 1. The number of carbonyl (C=O) groups excluding carboxylic acids is 1. The summed E-state index contributed by atoms with van der Waals surface area (Å²) in [5.74, 6) is 0.509. The molecule has 0 aliphatic carbocycles. The molecule has 5 nitrogen and oxygen atoms in total. The number of hydrogen-bond acceptors (Lipinski definition) is 4. The van der Waals surface area contributed by atoms with Crippen molar-refractivity contribution in [3.8, 4) is 0 Å². The van der Waals surface area contributed by atoms with Crippen molar-refractivity contribution in [1.82, 2.24) is 9.55 Å². The first kappa shape index (κ1) is 18.2. The zero-order chi connectivity index (χ0) is 18.7. The van der Waals surface area contributed by atoms with Crippen LogP contribution in [0.2, 0.25) is 0 Å². The molecule has 1 N–H and O–H groups in total. The monoisotopic (exact) mass is 367 g/mol. The molecule has 3 aromatic rings. The van der Waals surface area contributed by atoms with Gasteiger partial charge in [0, 0.05) is 12.7 Å². The van der Waals surface area contributed by atoms with Crippen molar-refractivity contribution < 1.29 is 4.79 Å². The van der Waals surface area contributed by atoms with Crippen LogP contribution in [0.1, 0.15) is 25.3 Å². The summed E-state index contributed by atoms with van der Waals surface area (Å²) in [5.41, 5.74) is 2.53. The lowest BCUT2D eigenvalue weighted by molar-refractivity contribution is -0.113. The maximum absolute atomic E-state index is 12.4. The predicted molar refractivity (Wildman–Crippen MR) is 107 cm³/mol. The third-order valence-corrected chi connectivity index (χ3v) is 5.17. The molecule has 2 aromatic carbocycles. The predicted octanol–water partition coefficient (Wildman–Crippen LogP) is 3.79. The third kappa shape index (κ3) is 3.96. The van der Waals surface area contributed by atoms with Crippen LogP contribution in [0.25, 0.3) is 10.9 Å². The van der Waals surface area contributed by atoms with Crippen molar-refractivity contribution >= 4 is 34.3 Å². The Bertz CT molecular complexity index is 994. The molecule has 0 unspecified atom stereocenters. The number of anilines is 1. The van der Waals surface area contributed by atoms with E-state index in [1.165, 1.54) is 21.9 Å². The van der Waals surface area contributed by atoms with Gasteiger partial charge in [-0.05, 0) is 35.7 Å². The normalized spacial score (nSPS) is 11.1. The molecule has 3 rings (SSSR count). The minimum Gasteiger partial charge on any atom is -0.325 e. The first-order chi connectivity index (χ1) is 12.5. The quantitative estimate of drug-likeness (QED) is 0.550. The second-order valence-corrected chi connectivity index (χ2v) is 7.33. The average Bonchev–Trinajstić information content (AvgIpc) is 2.64. The summed E-state index contributed by atoms with van der Waals surface area (Å²) in [6.45, 7) is 4.26. The van der Waals surface area contributed by atoms with Crippen LogP contribution in [0, 0.1) is 0 Å². The second-order valence-electron chi connectivity index (χ2n) is 6.39. The molecular weight excluding hydrogens is 346 g/mol. The lowest BCUT2D eigenvalue weighted by Crippen LogP contribution is -2.21. The molecule has 0 saturated heterocycles. The van der Waals surface area contributed by atoms with E-state index in [1.54, 1.807) is 19.2 Å². The summed E-state index contributed by atoms with van der Waals surface area (Å²) >= 11 is 1.25. The maximum atomic E-state index is 12.4. The summed E-state index contributed by atoms with van der Waals surface area (Å²) in [5, 5.41) is 3.98. The Balaban J connectivity index is 1.69. The Kier molecular flexibility index (Phi) is 5.42. The molecule has 0 aliphatic heterocycles. The fourth-order valence-electron chi connectivity index (χ4n) is 2.61. The zero-order valence-corrected chi connectivity index (χ0v) is 15.8.